The van der Waals surface area contributed by atoms with Gasteiger partial charge in [0.1, 0.15) is 0 Å². The van der Waals surface area contributed by atoms with Crippen LogP contribution in [0.4, 0.5) is 0 Å². The molecule has 0 heterocycles. The van der Waals surface area contributed by atoms with Crippen molar-refractivity contribution in [3.05, 3.63) is 35.4 Å². The molecule has 0 aromatic heterocycles. The van der Waals surface area contributed by atoms with E-state index < -0.39 is 0 Å². The molecule has 2 nitrogen and oxygen atoms in total. The molecule has 1 rings (SSSR count). The van der Waals surface area contributed by atoms with Crippen LogP contribution in [0.2, 0.25) is 0 Å². The van der Waals surface area contributed by atoms with Gasteiger partial charge in [-0.05, 0) is 30.9 Å². The standard InChI is InChI=1S/C15H25NO/c1-4-6-12(3)17-11-15(16)14-9-7-13(5-2)8-10-14/h7-10,12,15H,4-6,11,16H2,1-3H3. The zero-order chi connectivity index (χ0) is 12.7. The Morgan fingerprint density at radius 3 is 2.35 bits per heavy atom. The monoisotopic (exact) mass is 235 g/mol. The smallest absolute Gasteiger partial charge is 0.0662 e. The van der Waals surface area contributed by atoms with Crippen LogP contribution in [-0.2, 0) is 11.2 Å². The maximum absolute atomic E-state index is 6.11. The molecule has 0 radical (unpaired) electrons. The van der Waals surface area contributed by atoms with Crippen LogP contribution in [0, 0.1) is 0 Å². The largest absolute Gasteiger partial charge is 0.377 e. The molecule has 0 fully saturated rings. The van der Waals surface area contributed by atoms with Crippen LogP contribution in [0.3, 0.4) is 0 Å². The normalized spacial score (nSPS) is 14.6. The first-order valence-corrected chi connectivity index (χ1v) is 6.63. The summed E-state index contributed by atoms with van der Waals surface area (Å²) in [6, 6.07) is 8.49. The predicted octanol–water partition coefficient (Wildman–Crippen LogP) is 3.45. The van der Waals surface area contributed by atoms with Crippen molar-refractivity contribution in [2.24, 2.45) is 5.73 Å². The summed E-state index contributed by atoms with van der Waals surface area (Å²) in [5.41, 5.74) is 8.61. The summed E-state index contributed by atoms with van der Waals surface area (Å²) in [5, 5.41) is 0. The van der Waals surface area contributed by atoms with Crippen molar-refractivity contribution in [2.45, 2.75) is 52.2 Å². The summed E-state index contributed by atoms with van der Waals surface area (Å²) in [6.07, 6.45) is 3.63. The molecule has 17 heavy (non-hydrogen) atoms. The Kier molecular flexibility index (Phi) is 6.23. The molecule has 0 amide bonds. The van der Waals surface area contributed by atoms with Gasteiger partial charge < -0.3 is 10.5 Å². The molecule has 0 saturated heterocycles. The van der Waals surface area contributed by atoms with Gasteiger partial charge in [-0.15, -0.1) is 0 Å². The lowest BCUT2D eigenvalue weighted by Gasteiger charge is -2.17. The van der Waals surface area contributed by atoms with E-state index in [0.29, 0.717) is 12.7 Å². The van der Waals surface area contributed by atoms with Crippen LogP contribution in [0.5, 0.6) is 0 Å². The van der Waals surface area contributed by atoms with Crippen LogP contribution >= 0.6 is 0 Å². The molecule has 2 unspecified atom stereocenters. The Bertz CT molecular complexity index is 307. The molecule has 0 aliphatic rings. The summed E-state index contributed by atoms with van der Waals surface area (Å²) in [7, 11) is 0. The average Bonchev–Trinajstić information content (AvgIpc) is 2.36. The van der Waals surface area contributed by atoms with E-state index in [0.717, 1.165) is 24.8 Å². The van der Waals surface area contributed by atoms with Crippen LogP contribution in [0.15, 0.2) is 24.3 Å². The third kappa shape index (κ3) is 4.88. The fraction of sp³-hybridized carbons (Fsp3) is 0.600. The molecule has 2 N–H and O–H groups in total. The van der Waals surface area contributed by atoms with Crippen LogP contribution in [-0.4, -0.2) is 12.7 Å². The van der Waals surface area contributed by atoms with Gasteiger partial charge in [0, 0.05) is 0 Å². The highest BCUT2D eigenvalue weighted by Gasteiger charge is 2.08. The lowest BCUT2D eigenvalue weighted by atomic mass is 10.1. The second-order valence-corrected chi connectivity index (χ2v) is 4.63. The summed E-state index contributed by atoms with van der Waals surface area (Å²) < 4.78 is 5.73. The second kappa shape index (κ2) is 7.46. The maximum atomic E-state index is 6.11. The molecule has 96 valence electrons. The topological polar surface area (TPSA) is 35.2 Å². The third-order valence-electron chi connectivity index (χ3n) is 3.07. The Balaban J connectivity index is 2.43. The third-order valence-corrected chi connectivity index (χ3v) is 3.07. The first-order chi connectivity index (χ1) is 8.17. The molecule has 1 aromatic rings. The van der Waals surface area contributed by atoms with Crippen molar-refractivity contribution in [1.82, 2.24) is 0 Å². The van der Waals surface area contributed by atoms with Gasteiger partial charge in [0.2, 0.25) is 0 Å². The van der Waals surface area contributed by atoms with E-state index in [-0.39, 0.29) is 6.04 Å². The van der Waals surface area contributed by atoms with Crippen molar-refractivity contribution in [1.29, 1.82) is 0 Å². The van der Waals surface area contributed by atoms with Crippen molar-refractivity contribution in [3.8, 4) is 0 Å². The van der Waals surface area contributed by atoms with Gasteiger partial charge in [0.05, 0.1) is 18.8 Å². The minimum absolute atomic E-state index is 0.0137. The highest BCUT2D eigenvalue weighted by molar-refractivity contribution is 5.24. The van der Waals surface area contributed by atoms with Gasteiger partial charge in [-0.1, -0.05) is 44.5 Å². The summed E-state index contributed by atoms with van der Waals surface area (Å²) in [5.74, 6) is 0. The molecule has 1 aromatic carbocycles. The van der Waals surface area contributed by atoms with E-state index in [1.165, 1.54) is 5.56 Å². The number of rotatable bonds is 7. The first kappa shape index (κ1) is 14.2. The van der Waals surface area contributed by atoms with Crippen LogP contribution < -0.4 is 5.73 Å². The van der Waals surface area contributed by atoms with Crippen molar-refractivity contribution in [2.75, 3.05) is 6.61 Å². The predicted molar refractivity (Wildman–Crippen MR) is 73.1 cm³/mol. The molecule has 2 heteroatoms. The van der Waals surface area contributed by atoms with Gasteiger partial charge in [-0.3, -0.25) is 0 Å². The van der Waals surface area contributed by atoms with Crippen LogP contribution in [0.1, 0.15) is 50.8 Å². The SMILES string of the molecule is CCCC(C)OCC(N)c1ccc(CC)cc1. The molecule has 0 aliphatic heterocycles. The van der Waals surface area contributed by atoms with E-state index in [4.69, 9.17) is 10.5 Å². The number of ether oxygens (including phenoxy) is 1. The van der Waals surface area contributed by atoms with Crippen LogP contribution in [0.25, 0.3) is 0 Å². The van der Waals surface area contributed by atoms with Gasteiger partial charge in [0.15, 0.2) is 0 Å². The highest BCUT2D eigenvalue weighted by atomic mass is 16.5. The number of benzene rings is 1. The average molecular weight is 235 g/mol. The van der Waals surface area contributed by atoms with E-state index in [1.54, 1.807) is 0 Å². The zero-order valence-electron chi connectivity index (χ0n) is 11.3. The molecule has 0 bridgehead atoms. The number of hydrogen-bond donors (Lipinski definition) is 1. The maximum Gasteiger partial charge on any atom is 0.0662 e. The summed E-state index contributed by atoms with van der Waals surface area (Å²) in [4.78, 5) is 0. The molecular formula is C15H25NO. The Hall–Kier alpha value is -0.860. The molecular weight excluding hydrogens is 210 g/mol. The molecule has 2 atom stereocenters. The van der Waals surface area contributed by atoms with Crippen molar-refractivity contribution >= 4 is 0 Å². The van der Waals surface area contributed by atoms with E-state index >= 15 is 0 Å². The fourth-order valence-electron chi connectivity index (χ4n) is 1.85. The second-order valence-electron chi connectivity index (χ2n) is 4.63. The fourth-order valence-corrected chi connectivity index (χ4v) is 1.85. The highest BCUT2D eigenvalue weighted by Crippen LogP contribution is 2.14. The van der Waals surface area contributed by atoms with E-state index in [1.807, 2.05) is 0 Å². The van der Waals surface area contributed by atoms with Crippen molar-refractivity contribution in [3.63, 3.8) is 0 Å². The Morgan fingerprint density at radius 2 is 1.82 bits per heavy atom. The van der Waals surface area contributed by atoms with Gasteiger partial charge in [-0.25, -0.2) is 0 Å². The summed E-state index contributed by atoms with van der Waals surface area (Å²) in [6.45, 7) is 7.04. The number of hydrogen-bond acceptors (Lipinski definition) is 2. The Labute approximate surface area is 105 Å². The molecule has 0 spiro atoms. The summed E-state index contributed by atoms with van der Waals surface area (Å²) >= 11 is 0. The molecule has 0 saturated carbocycles. The lowest BCUT2D eigenvalue weighted by molar-refractivity contribution is 0.0503. The quantitative estimate of drug-likeness (QED) is 0.785. The Morgan fingerprint density at radius 1 is 1.18 bits per heavy atom. The zero-order valence-corrected chi connectivity index (χ0v) is 11.3. The first-order valence-electron chi connectivity index (χ1n) is 6.63. The minimum Gasteiger partial charge on any atom is -0.377 e. The molecule has 0 aliphatic carbocycles. The lowest BCUT2D eigenvalue weighted by Crippen LogP contribution is -2.20. The van der Waals surface area contributed by atoms with E-state index in [9.17, 15) is 0 Å². The minimum atomic E-state index is -0.0137. The van der Waals surface area contributed by atoms with E-state index in [2.05, 4.69) is 45.0 Å². The van der Waals surface area contributed by atoms with Gasteiger partial charge in [0.25, 0.3) is 0 Å². The van der Waals surface area contributed by atoms with Gasteiger partial charge in [-0.2, -0.15) is 0 Å². The van der Waals surface area contributed by atoms with Gasteiger partial charge >= 0.3 is 0 Å². The van der Waals surface area contributed by atoms with Crippen molar-refractivity contribution < 1.29 is 4.74 Å². The number of aryl methyl sites for hydroxylation is 1. The number of nitrogens with two attached hydrogens (primary N) is 1.